The molecule has 0 aliphatic rings. The van der Waals surface area contributed by atoms with Crippen LogP contribution in [0.15, 0.2) is 42.5 Å². The monoisotopic (exact) mass is 330 g/mol. The van der Waals surface area contributed by atoms with Crippen LogP contribution in [0.5, 0.6) is 0 Å². The second-order valence-corrected chi connectivity index (χ2v) is 5.76. The minimum atomic E-state index is -0.215. The Bertz CT molecular complexity index is 729. The topological polar surface area (TPSA) is 58.2 Å². The zero-order chi connectivity index (χ0) is 16.8. The van der Waals surface area contributed by atoms with Gasteiger partial charge in [-0.15, -0.1) is 0 Å². The highest BCUT2D eigenvalue weighted by molar-refractivity contribution is 6.30. The first-order valence-corrected chi connectivity index (χ1v) is 7.74. The van der Waals surface area contributed by atoms with Crippen LogP contribution in [0.2, 0.25) is 5.02 Å². The Balaban J connectivity index is 1.79. The van der Waals surface area contributed by atoms with Crippen molar-refractivity contribution in [3.05, 3.63) is 69.7 Å². The Labute approximate surface area is 140 Å². The maximum Gasteiger partial charge on any atom is 0.251 e. The zero-order valence-electron chi connectivity index (χ0n) is 13.2. The van der Waals surface area contributed by atoms with E-state index >= 15 is 0 Å². The fourth-order valence-corrected chi connectivity index (χ4v) is 2.26. The molecule has 5 heteroatoms. The van der Waals surface area contributed by atoms with E-state index < -0.39 is 0 Å². The van der Waals surface area contributed by atoms with Crippen molar-refractivity contribution >= 4 is 23.4 Å². The summed E-state index contributed by atoms with van der Waals surface area (Å²) in [5.41, 5.74) is 3.34. The molecule has 4 nitrogen and oxygen atoms in total. The smallest absolute Gasteiger partial charge is 0.251 e. The number of amides is 2. The highest BCUT2D eigenvalue weighted by Gasteiger charge is 2.07. The van der Waals surface area contributed by atoms with Gasteiger partial charge in [0.25, 0.3) is 11.8 Å². The lowest BCUT2D eigenvalue weighted by Gasteiger charge is -2.08. The lowest BCUT2D eigenvalue weighted by molar-refractivity contribution is 0.0927. The largest absolute Gasteiger partial charge is 0.350 e. The van der Waals surface area contributed by atoms with Crippen LogP contribution in [0.1, 0.15) is 31.8 Å². The van der Waals surface area contributed by atoms with Gasteiger partial charge in [0.15, 0.2) is 0 Å². The van der Waals surface area contributed by atoms with Crippen molar-refractivity contribution in [2.45, 2.75) is 13.8 Å². The van der Waals surface area contributed by atoms with Crippen molar-refractivity contribution < 1.29 is 9.59 Å². The van der Waals surface area contributed by atoms with Crippen LogP contribution in [0.25, 0.3) is 0 Å². The molecule has 0 radical (unpaired) electrons. The molecule has 0 saturated carbocycles. The van der Waals surface area contributed by atoms with E-state index in [1.54, 1.807) is 30.3 Å². The van der Waals surface area contributed by atoms with Crippen LogP contribution in [0.4, 0.5) is 0 Å². The first kappa shape index (κ1) is 17.0. The molecule has 2 amide bonds. The normalized spacial score (nSPS) is 10.2. The highest BCUT2D eigenvalue weighted by atomic mass is 35.5. The number of carbonyl (C=O) groups is 2. The summed E-state index contributed by atoms with van der Waals surface area (Å²) in [7, 11) is 0. The van der Waals surface area contributed by atoms with Gasteiger partial charge in [-0.3, -0.25) is 9.59 Å². The average molecular weight is 331 g/mol. The van der Waals surface area contributed by atoms with Gasteiger partial charge in [-0.2, -0.15) is 0 Å². The highest BCUT2D eigenvalue weighted by Crippen LogP contribution is 2.10. The fraction of sp³-hybridized carbons (Fsp3) is 0.222. The molecule has 2 rings (SSSR count). The molecule has 2 N–H and O–H groups in total. The van der Waals surface area contributed by atoms with Gasteiger partial charge < -0.3 is 10.6 Å². The van der Waals surface area contributed by atoms with Crippen LogP contribution in [0, 0.1) is 13.8 Å². The Morgan fingerprint density at radius 2 is 1.48 bits per heavy atom. The van der Waals surface area contributed by atoms with E-state index in [4.69, 9.17) is 11.6 Å². The molecule has 0 aliphatic carbocycles. The quantitative estimate of drug-likeness (QED) is 0.828. The van der Waals surface area contributed by atoms with Gasteiger partial charge in [-0.25, -0.2) is 0 Å². The lowest BCUT2D eigenvalue weighted by atomic mass is 10.1. The van der Waals surface area contributed by atoms with Crippen LogP contribution < -0.4 is 10.6 Å². The van der Waals surface area contributed by atoms with Gasteiger partial charge in [0.2, 0.25) is 0 Å². The maximum absolute atomic E-state index is 12.0. The summed E-state index contributed by atoms with van der Waals surface area (Å²) in [5.74, 6) is -0.363. The van der Waals surface area contributed by atoms with E-state index in [0.717, 1.165) is 11.1 Å². The van der Waals surface area contributed by atoms with Crippen LogP contribution in [-0.4, -0.2) is 24.9 Å². The standard InChI is InChI=1S/C18H19ClN2O2/c1-12-6-7-15(10-13(12)2)18(23)21-9-8-20-17(22)14-4-3-5-16(19)11-14/h3-7,10-11H,8-9H2,1-2H3,(H,20,22)(H,21,23). The molecule has 0 fully saturated rings. The Morgan fingerprint density at radius 3 is 2.04 bits per heavy atom. The molecule has 0 bridgehead atoms. The third kappa shape index (κ3) is 4.83. The van der Waals surface area contributed by atoms with E-state index in [1.807, 2.05) is 26.0 Å². The van der Waals surface area contributed by atoms with E-state index in [2.05, 4.69) is 10.6 Å². The minimum absolute atomic E-state index is 0.148. The predicted molar refractivity (Wildman–Crippen MR) is 92.0 cm³/mol. The number of nitrogens with one attached hydrogen (secondary N) is 2. The van der Waals surface area contributed by atoms with Crippen molar-refractivity contribution in [2.24, 2.45) is 0 Å². The number of benzene rings is 2. The number of rotatable bonds is 5. The summed E-state index contributed by atoms with van der Waals surface area (Å²) >= 11 is 5.85. The van der Waals surface area contributed by atoms with Crippen LogP contribution >= 0.6 is 11.6 Å². The SMILES string of the molecule is Cc1ccc(C(=O)NCCNC(=O)c2cccc(Cl)c2)cc1C. The lowest BCUT2D eigenvalue weighted by Crippen LogP contribution is -2.34. The molecule has 0 spiro atoms. The van der Waals surface area contributed by atoms with Gasteiger partial charge in [-0.05, 0) is 55.3 Å². The van der Waals surface area contributed by atoms with Crippen LogP contribution in [0.3, 0.4) is 0 Å². The summed E-state index contributed by atoms with van der Waals surface area (Å²) < 4.78 is 0. The summed E-state index contributed by atoms with van der Waals surface area (Å²) in [6, 6.07) is 12.3. The molecule has 120 valence electrons. The van der Waals surface area contributed by atoms with Crippen molar-refractivity contribution in [3.63, 3.8) is 0 Å². The molecular formula is C18H19ClN2O2. The Morgan fingerprint density at radius 1 is 0.870 bits per heavy atom. The van der Waals surface area contributed by atoms with Gasteiger partial charge in [0.1, 0.15) is 0 Å². The van der Waals surface area contributed by atoms with Crippen molar-refractivity contribution in [2.75, 3.05) is 13.1 Å². The molecule has 0 saturated heterocycles. The number of halogens is 1. The first-order chi connectivity index (χ1) is 11.0. The Hall–Kier alpha value is -2.33. The van der Waals surface area contributed by atoms with E-state index in [9.17, 15) is 9.59 Å². The predicted octanol–water partition coefficient (Wildman–Crippen LogP) is 3.12. The molecule has 2 aromatic rings. The zero-order valence-corrected chi connectivity index (χ0v) is 13.9. The number of hydrogen-bond acceptors (Lipinski definition) is 2. The van der Waals surface area contributed by atoms with E-state index in [1.165, 1.54) is 0 Å². The molecule has 0 unspecified atom stereocenters. The van der Waals surface area contributed by atoms with Gasteiger partial charge >= 0.3 is 0 Å². The summed E-state index contributed by atoms with van der Waals surface area (Å²) in [6.07, 6.45) is 0. The summed E-state index contributed by atoms with van der Waals surface area (Å²) in [4.78, 5) is 23.9. The fourth-order valence-electron chi connectivity index (χ4n) is 2.07. The Kier molecular flexibility index (Phi) is 5.77. The minimum Gasteiger partial charge on any atom is -0.350 e. The second-order valence-electron chi connectivity index (χ2n) is 5.32. The average Bonchev–Trinajstić information content (AvgIpc) is 2.53. The molecule has 23 heavy (non-hydrogen) atoms. The van der Waals surface area contributed by atoms with Crippen molar-refractivity contribution in [3.8, 4) is 0 Å². The van der Waals surface area contributed by atoms with Gasteiger partial charge in [0.05, 0.1) is 0 Å². The molecular weight excluding hydrogens is 312 g/mol. The van der Waals surface area contributed by atoms with E-state index in [0.29, 0.717) is 29.2 Å². The summed E-state index contributed by atoms with van der Waals surface area (Å²) in [5, 5.41) is 6.04. The molecule has 0 aromatic heterocycles. The number of carbonyl (C=O) groups excluding carboxylic acids is 2. The third-order valence-corrected chi connectivity index (χ3v) is 3.79. The van der Waals surface area contributed by atoms with Gasteiger partial charge in [-0.1, -0.05) is 23.7 Å². The number of hydrogen-bond donors (Lipinski definition) is 2. The molecule has 0 atom stereocenters. The summed E-state index contributed by atoms with van der Waals surface area (Å²) in [6.45, 7) is 4.68. The van der Waals surface area contributed by atoms with Crippen LogP contribution in [-0.2, 0) is 0 Å². The first-order valence-electron chi connectivity index (χ1n) is 7.36. The maximum atomic E-state index is 12.0. The third-order valence-electron chi connectivity index (χ3n) is 3.55. The second kappa shape index (κ2) is 7.79. The van der Waals surface area contributed by atoms with Crippen molar-refractivity contribution in [1.29, 1.82) is 0 Å². The molecule has 0 aliphatic heterocycles. The van der Waals surface area contributed by atoms with Gasteiger partial charge in [0, 0.05) is 29.2 Å². The number of aryl methyl sites for hydroxylation is 2. The molecule has 0 heterocycles. The molecule has 2 aromatic carbocycles. The van der Waals surface area contributed by atoms with E-state index in [-0.39, 0.29) is 11.8 Å². The van der Waals surface area contributed by atoms with Crippen molar-refractivity contribution in [1.82, 2.24) is 10.6 Å².